The topological polar surface area (TPSA) is 76.2 Å². The Bertz CT molecular complexity index is 721. The molecule has 0 saturated carbocycles. The van der Waals surface area contributed by atoms with Gasteiger partial charge in [-0.25, -0.2) is 0 Å². The maximum absolute atomic E-state index is 12.0. The molecule has 0 spiro atoms. The number of rotatable bonds is 8. The average molecular weight is 392 g/mol. The van der Waals surface area contributed by atoms with Gasteiger partial charge in [-0.3, -0.25) is 9.36 Å². The second-order valence-electron chi connectivity index (χ2n) is 7.44. The van der Waals surface area contributed by atoms with Gasteiger partial charge < -0.3 is 14.6 Å². The number of piperidine rings is 1. The Morgan fingerprint density at radius 2 is 2.11 bits per heavy atom. The molecular formula is C19H29N5O2S. The summed E-state index contributed by atoms with van der Waals surface area (Å²) in [5.74, 6) is 3.32. The van der Waals surface area contributed by atoms with Gasteiger partial charge in [-0.15, -0.1) is 10.2 Å². The van der Waals surface area contributed by atoms with Crippen LogP contribution in [0.5, 0.6) is 0 Å². The van der Waals surface area contributed by atoms with E-state index in [1.165, 1.54) is 18.2 Å². The molecule has 8 heteroatoms. The quantitative estimate of drug-likeness (QED) is 0.697. The third-order valence-electron chi connectivity index (χ3n) is 4.65. The first-order valence-corrected chi connectivity index (χ1v) is 10.6. The molecule has 2 aromatic heterocycles. The molecule has 0 radical (unpaired) electrons. The molecule has 1 aliphatic rings. The number of nitrogens with zero attached hydrogens (tertiary/aromatic N) is 4. The monoisotopic (exact) mass is 391 g/mol. The van der Waals surface area contributed by atoms with Crippen LogP contribution in [0.2, 0.25) is 0 Å². The number of anilines is 1. The minimum absolute atomic E-state index is 0.0242. The van der Waals surface area contributed by atoms with Gasteiger partial charge >= 0.3 is 0 Å². The molecule has 27 heavy (non-hydrogen) atoms. The lowest BCUT2D eigenvalue weighted by atomic mass is 9.92. The van der Waals surface area contributed by atoms with Crippen molar-refractivity contribution in [3.8, 4) is 0 Å². The molecule has 0 aromatic carbocycles. The highest BCUT2D eigenvalue weighted by atomic mass is 32.2. The summed E-state index contributed by atoms with van der Waals surface area (Å²) < 4.78 is 7.61. The van der Waals surface area contributed by atoms with E-state index in [0.29, 0.717) is 30.7 Å². The molecule has 1 saturated heterocycles. The molecule has 0 aliphatic carbocycles. The summed E-state index contributed by atoms with van der Waals surface area (Å²) >= 11 is 1.42. The molecule has 1 amide bonds. The number of aromatic nitrogens is 3. The van der Waals surface area contributed by atoms with Crippen molar-refractivity contribution >= 4 is 23.6 Å². The van der Waals surface area contributed by atoms with Crippen LogP contribution in [0.4, 0.5) is 5.95 Å². The first-order valence-electron chi connectivity index (χ1n) is 9.66. The number of amides is 1. The highest BCUT2D eigenvalue weighted by molar-refractivity contribution is 7.99. The molecule has 148 valence electrons. The third kappa shape index (κ3) is 5.28. The number of furan rings is 1. The normalized spacial score (nSPS) is 20.0. The van der Waals surface area contributed by atoms with Gasteiger partial charge in [0.25, 0.3) is 0 Å². The van der Waals surface area contributed by atoms with Crippen LogP contribution >= 0.6 is 11.8 Å². The maximum Gasteiger partial charge on any atom is 0.230 e. The fourth-order valence-corrected chi connectivity index (χ4v) is 4.35. The largest absolute Gasteiger partial charge is 0.467 e. The van der Waals surface area contributed by atoms with Crippen LogP contribution in [0.3, 0.4) is 0 Å². The van der Waals surface area contributed by atoms with Gasteiger partial charge in [0.15, 0.2) is 5.16 Å². The molecule has 0 unspecified atom stereocenters. The summed E-state index contributed by atoms with van der Waals surface area (Å²) in [6, 6.07) is 3.84. The third-order valence-corrected chi connectivity index (χ3v) is 5.61. The maximum atomic E-state index is 12.0. The van der Waals surface area contributed by atoms with Crippen molar-refractivity contribution in [2.75, 3.05) is 30.3 Å². The number of nitrogens with one attached hydrogen (secondary N) is 1. The second-order valence-corrected chi connectivity index (χ2v) is 8.38. The Kier molecular flexibility index (Phi) is 6.82. The Labute approximate surface area is 164 Å². The van der Waals surface area contributed by atoms with Crippen molar-refractivity contribution in [3.63, 3.8) is 0 Å². The van der Waals surface area contributed by atoms with Gasteiger partial charge in [0.1, 0.15) is 5.76 Å². The summed E-state index contributed by atoms with van der Waals surface area (Å²) in [5.41, 5.74) is 0. The van der Waals surface area contributed by atoms with E-state index in [-0.39, 0.29) is 5.91 Å². The van der Waals surface area contributed by atoms with Crippen molar-refractivity contribution < 1.29 is 9.21 Å². The molecular weight excluding hydrogens is 362 g/mol. The van der Waals surface area contributed by atoms with Crippen molar-refractivity contribution in [1.29, 1.82) is 0 Å². The van der Waals surface area contributed by atoms with Crippen LogP contribution in [-0.2, 0) is 11.3 Å². The van der Waals surface area contributed by atoms with Crippen molar-refractivity contribution in [3.05, 3.63) is 24.2 Å². The Hall–Kier alpha value is -1.96. The van der Waals surface area contributed by atoms with E-state index in [4.69, 9.17) is 4.42 Å². The van der Waals surface area contributed by atoms with Gasteiger partial charge in [-0.2, -0.15) is 0 Å². The van der Waals surface area contributed by atoms with Crippen molar-refractivity contribution in [1.82, 2.24) is 20.1 Å². The SMILES string of the molecule is CCCNC(=O)CSc1nnc(N2C[C@H](C)C[C@H](C)C2)n1Cc1ccco1. The summed E-state index contributed by atoms with van der Waals surface area (Å²) in [6.07, 6.45) is 3.85. The lowest BCUT2D eigenvalue weighted by molar-refractivity contribution is -0.118. The molecule has 0 bridgehead atoms. The van der Waals surface area contributed by atoms with E-state index in [0.717, 1.165) is 36.4 Å². The van der Waals surface area contributed by atoms with Crippen LogP contribution in [0.15, 0.2) is 28.0 Å². The van der Waals surface area contributed by atoms with E-state index in [1.54, 1.807) is 6.26 Å². The smallest absolute Gasteiger partial charge is 0.230 e. The number of carbonyl (C=O) groups is 1. The lowest BCUT2D eigenvalue weighted by Crippen LogP contribution is -2.40. The number of carbonyl (C=O) groups excluding carboxylic acids is 1. The molecule has 7 nitrogen and oxygen atoms in total. The minimum Gasteiger partial charge on any atom is -0.467 e. The fraction of sp³-hybridized carbons (Fsp3) is 0.632. The average Bonchev–Trinajstić information content (AvgIpc) is 3.28. The van der Waals surface area contributed by atoms with E-state index in [9.17, 15) is 4.79 Å². The summed E-state index contributed by atoms with van der Waals surface area (Å²) in [4.78, 5) is 14.3. The molecule has 3 heterocycles. The zero-order valence-corrected chi connectivity index (χ0v) is 17.2. The highest BCUT2D eigenvalue weighted by Gasteiger charge is 2.27. The van der Waals surface area contributed by atoms with E-state index in [2.05, 4.69) is 38.8 Å². The van der Waals surface area contributed by atoms with Crippen molar-refractivity contribution in [2.24, 2.45) is 11.8 Å². The summed E-state index contributed by atoms with van der Waals surface area (Å²) in [5, 5.41) is 12.5. The van der Waals surface area contributed by atoms with E-state index in [1.807, 2.05) is 19.1 Å². The first-order chi connectivity index (χ1) is 13.1. The Balaban J connectivity index is 1.78. The summed E-state index contributed by atoms with van der Waals surface area (Å²) in [7, 11) is 0. The fourth-order valence-electron chi connectivity index (χ4n) is 3.59. The number of hydrogen-bond donors (Lipinski definition) is 1. The Morgan fingerprint density at radius 1 is 1.33 bits per heavy atom. The van der Waals surface area contributed by atoms with Crippen LogP contribution < -0.4 is 10.2 Å². The van der Waals surface area contributed by atoms with Gasteiger partial charge in [-0.05, 0) is 36.8 Å². The second kappa shape index (κ2) is 9.30. The zero-order valence-electron chi connectivity index (χ0n) is 16.4. The molecule has 1 aliphatic heterocycles. The van der Waals surface area contributed by atoms with E-state index >= 15 is 0 Å². The molecule has 2 atom stereocenters. The number of hydrogen-bond acceptors (Lipinski definition) is 6. The summed E-state index contributed by atoms with van der Waals surface area (Å²) in [6.45, 7) is 9.82. The minimum atomic E-state index is 0.0242. The zero-order chi connectivity index (χ0) is 19.2. The van der Waals surface area contributed by atoms with Crippen molar-refractivity contribution in [2.45, 2.75) is 45.3 Å². The molecule has 2 aromatic rings. The van der Waals surface area contributed by atoms with Crippen LogP contribution in [0.25, 0.3) is 0 Å². The van der Waals surface area contributed by atoms with Crippen LogP contribution in [0.1, 0.15) is 39.4 Å². The van der Waals surface area contributed by atoms with Crippen LogP contribution in [-0.4, -0.2) is 46.1 Å². The van der Waals surface area contributed by atoms with Gasteiger partial charge in [0.2, 0.25) is 11.9 Å². The highest BCUT2D eigenvalue weighted by Crippen LogP contribution is 2.28. The first kappa shape index (κ1) is 19.8. The van der Waals surface area contributed by atoms with Gasteiger partial charge in [0, 0.05) is 19.6 Å². The predicted molar refractivity (Wildman–Crippen MR) is 107 cm³/mol. The van der Waals surface area contributed by atoms with Gasteiger partial charge in [-0.1, -0.05) is 32.5 Å². The number of thioether (sulfide) groups is 1. The molecule has 3 rings (SSSR count). The predicted octanol–water partition coefficient (Wildman–Crippen LogP) is 3.02. The Morgan fingerprint density at radius 3 is 2.78 bits per heavy atom. The van der Waals surface area contributed by atoms with Gasteiger partial charge in [0.05, 0.1) is 18.6 Å². The van der Waals surface area contributed by atoms with E-state index < -0.39 is 0 Å². The molecule has 1 N–H and O–H groups in total. The standard InChI is InChI=1S/C19H29N5O2S/c1-4-7-20-17(25)13-27-19-22-21-18(23-10-14(2)9-15(3)11-23)24(19)12-16-6-5-8-26-16/h5-6,8,14-15H,4,7,9-13H2,1-3H3,(H,20,25)/t14-,15+. The van der Waals surface area contributed by atoms with Crippen LogP contribution in [0, 0.1) is 11.8 Å². The lowest BCUT2D eigenvalue weighted by Gasteiger charge is -2.35. The molecule has 1 fully saturated rings.